The number of aryl methyl sites for hydroxylation is 2. The highest BCUT2D eigenvalue weighted by atomic mass is 32.2. The highest BCUT2D eigenvalue weighted by Gasteiger charge is 2.16. The van der Waals surface area contributed by atoms with Gasteiger partial charge in [-0.05, 0) is 72.7 Å². The lowest BCUT2D eigenvalue weighted by molar-refractivity contribution is 0.0956. The molecule has 1 saturated heterocycles. The van der Waals surface area contributed by atoms with Gasteiger partial charge in [0.1, 0.15) is 0 Å². The van der Waals surface area contributed by atoms with Crippen LogP contribution in [0.4, 0.5) is 0 Å². The summed E-state index contributed by atoms with van der Waals surface area (Å²) in [5.74, 6) is 3.36. The van der Waals surface area contributed by atoms with Crippen molar-refractivity contribution >= 4 is 41.2 Å². The monoisotopic (exact) mass is 403 g/mol. The molecule has 138 valence electrons. The molecule has 0 radical (unpaired) electrons. The van der Waals surface area contributed by atoms with E-state index < -0.39 is 0 Å². The summed E-state index contributed by atoms with van der Waals surface area (Å²) in [6.45, 7) is 4.93. The number of rotatable bonds is 6. The molecule has 0 unspecified atom stereocenters. The number of hydrogen-bond acceptors (Lipinski definition) is 4. The third kappa shape index (κ3) is 5.48. The second-order valence-corrected chi connectivity index (χ2v) is 10.3. The van der Waals surface area contributed by atoms with Crippen LogP contribution in [0.15, 0.2) is 47.4 Å². The molecule has 0 spiro atoms. The van der Waals surface area contributed by atoms with E-state index in [1.165, 1.54) is 39.5 Å². The zero-order chi connectivity index (χ0) is 18.4. The van der Waals surface area contributed by atoms with Crippen molar-refractivity contribution in [3.05, 3.63) is 64.7 Å². The molecule has 0 aliphatic carbocycles. The van der Waals surface area contributed by atoms with Crippen LogP contribution in [0.25, 0.3) is 0 Å². The first-order valence-electron chi connectivity index (χ1n) is 8.95. The first-order chi connectivity index (χ1) is 12.6. The molecule has 0 aromatic heterocycles. The van der Waals surface area contributed by atoms with Gasteiger partial charge in [0.15, 0.2) is 0 Å². The van der Waals surface area contributed by atoms with Crippen LogP contribution in [0, 0.1) is 13.8 Å². The molecule has 1 aliphatic heterocycles. The van der Waals surface area contributed by atoms with Gasteiger partial charge in [0.05, 0.1) is 4.58 Å². The van der Waals surface area contributed by atoms with Crippen LogP contribution >= 0.6 is 35.3 Å². The average molecular weight is 404 g/mol. The fourth-order valence-corrected chi connectivity index (χ4v) is 6.47. The molecule has 0 bridgehead atoms. The Balaban J connectivity index is 1.45. The van der Waals surface area contributed by atoms with Crippen molar-refractivity contribution in [1.82, 2.24) is 5.32 Å². The first kappa shape index (κ1) is 19.7. The van der Waals surface area contributed by atoms with Gasteiger partial charge in [-0.15, -0.1) is 35.3 Å². The van der Waals surface area contributed by atoms with E-state index in [1.54, 1.807) is 11.8 Å². The molecular formula is C21H25NOS3. The minimum absolute atomic E-state index is 0.0150. The number of hydrogen-bond donors (Lipinski definition) is 1. The van der Waals surface area contributed by atoms with Gasteiger partial charge in [-0.1, -0.05) is 18.2 Å². The second-order valence-electron chi connectivity index (χ2n) is 6.40. The van der Waals surface area contributed by atoms with Crippen molar-refractivity contribution < 1.29 is 4.79 Å². The Morgan fingerprint density at radius 2 is 1.81 bits per heavy atom. The molecule has 26 heavy (non-hydrogen) atoms. The maximum Gasteiger partial charge on any atom is 0.251 e. The molecule has 2 nitrogen and oxygen atoms in total. The average Bonchev–Trinajstić information content (AvgIpc) is 2.68. The van der Waals surface area contributed by atoms with Crippen molar-refractivity contribution in [3.8, 4) is 0 Å². The first-order valence-corrected chi connectivity index (χ1v) is 12.0. The number of carbonyl (C=O) groups excluding carboxylic acids is 1. The number of amides is 1. The molecule has 0 saturated carbocycles. The lowest BCUT2D eigenvalue weighted by Gasteiger charge is -2.21. The Morgan fingerprint density at radius 1 is 1.08 bits per heavy atom. The van der Waals surface area contributed by atoms with Crippen LogP contribution in [-0.4, -0.2) is 29.7 Å². The van der Waals surface area contributed by atoms with Crippen molar-refractivity contribution in [2.24, 2.45) is 0 Å². The Hall–Kier alpha value is -1.04. The standard InChI is InChI=1S/C21H25NOS3/c1-15-4-9-19(14-16(15)2)24-13-10-22-20(23)17-5-7-18(8-6-17)21-25-11-3-12-26-21/h4-9,14,21H,3,10-13H2,1-2H3,(H,22,23). The summed E-state index contributed by atoms with van der Waals surface area (Å²) in [6, 6.07) is 14.6. The third-order valence-electron chi connectivity index (χ3n) is 4.41. The summed E-state index contributed by atoms with van der Waals surface area (Å²) in [7, 11) is 0. The number of benzene rings is 2. The maximum absolute atomic E-state index is 12.3. The van der Waals surface area contributed by atoms with Gasteiger partial charge >= 0.3 is 0 Å². The number of nitrogens with one attached hydrogen (secondary N) is 1. The number of thioether (sulfide) groups is 3. The van der Waals surface area contributed by atoms with Crippen LogP contribution in [0.3, 0.4) is 0 Å². The normalized spacial score (nSPS) is 15.0. The topological polar surface area (TPSA) is 29.1 Å². The second kappa shape index (κ2) is 9.77. The molecule has 1 amide bonds. The predicted octanol–water partition coefficient (Wildman–Crippen LogP) is 5.69. The Bertz CT molecular complexity index is 739. The van der Waals surface area contributed by atoms with Crippen molar-refractivity contribution in [2.45, 2.75) is 29.7 Å². The molecule has 3 rings (SSSR count). The quantitative estimate of drug-likeness (QED) is 0.495. The lowest BCUT2D eigenvalue weighted by atomic mass is 10.1. The van der Waals surface area contributed by atoms with Gasteiger partial charge in [0.25, 0.3) is 5.91 Å². The molecule has 1 N–H and O–H groups in total. The van der Waals surface area contributed by atoms with Crippen LogP contribution < -0.4 is 5.32 Å². The van der Waals surface area contributed by atoms with Gasteiger partial charge in [-0.2, -0.15) is 0 Å². The van der Waals surface area contributed by atoms with Crippen LogP contribution in [0.5, 0.6) is 0 Å². The summed E-state index contributed by atoms with van der Waals surface area (Å²) >= 11 is 5.79. The van der Waals surface area contributed by atoms with Gasteiger partial charge in [0.2, 0.25) is 0 Å². The highest BCUT2D eigenvalue weighted by molar-refractivity contribution is 8.16. The molecule has 1 aliphatic rings. The fraction of sp³-hybridized carbons (Fsp3) is 0.381. The number of carbonyl (C=O) groups is 1. The summed E-state index contributed by atoms with van der Waals surface area (Å²) in [5.41, 5.74) is 4.70. The van der Waals surface area contributed by atoms with Crippen molar-refractivity contribution in [1.29, 1.82) is 0 Å². The third-order valence-corrected chi connectivity index (χ3v) is 8.42. The zero-order valence-electron chi connectivity index (χ0n) is 15.3. The SMILES string of the molecule is Cc1ccc(SCCNC(=O)c2ccc(C3SCCCS3)cc2)cc1C. The zero-order valence-corrected chi connectivity index (χ0v) is 17.7. The predicted molar refractivity (Wildman–Crippen MR) is 118 cm³/mol. The van der Waals surface area contributed by atoms with E-state index in [9.17, 15) is 4.79 Å². The van der Waals surface area contributed by atoms with E-state index in [0.29, 0.717) is 11.1 Å². The summed E-state index contributed by atoms with van der Waals surface area (Å²) in [5, 5.41) is 3.02. The Labute approximate surface area is 169 Å². The van der Waals surface area contributed by atoms with E-state index in [4.69, 9.17) is 0 Å². The van der Waals surface area contributed by atoms with Crippen LogP contribution in [0.1, 0.15) is 38.1 Å². The van der Waals surface area contributed by atoms with Crippen molar-refractivity contribution in [2.75, 3.05) is 23.8 Å². The van der Waals surface area contributed by atoms with Gasteiger partial charge in [0, 0.05) is 22.8 Å². The van der Waals surface area contributed by atoms with E-state index in [1.807, 2.05) is 35.7 Å². The molecule has 1 heterocycles. The van der Waals surface area contributed by atoms with E-state index >= 15 is 0 Å². The minimum atomic E-state index is 0.0150. The Morgan fingerprint density at radius 3 is 2.50 bits per heavy atom. The summed E-state index contributed by atoms with van der Waals surface area (Å²) in [6.07, 6.45) is 1.30. The molecule has 1 fully saturated rings. The molecule has 2 aromatic rings. The van der Waals surface area contributed by atoms with E-state index in [0.717, 1.165) is 11.3 Å². The summed E-state index contributed by atoms with van der Waals surface area (Å²) in [4.78, 5) is 13.6. The van der Waals surface area contributed by atoms with E-state index in [-0.39, 0.29) is 5.91 Å². The largest absolute Gasteiger partial charge is 0.351 e. The smallest absolute Gasteiger partial charge is 0.251 e. The van der Waals surface area contributed by atoms with Crippen LogP contribution in [0.2, 0.25) is 0 Å². The minimum Gasteiger partial charge on any atom is -0.351 e. The van der Waals surface area contributed by atoms with Gasteiger partial charge in [-0.3, -0.25) is 4.79 Å². The van der Waals surface area contributed by atoms with Crippen molar-refractivity contribution in [3.63, 3.8) is 0 Å². The molecule has 5 heteroatoms. The molecular weight excluding hydrogens is 378 g/mol. The highest BCUT2D eigenvalue weighted by Crippen LogP contribution is 2.43. The lowest BCUT2D eigenvalue weighted by Crippen LogP contribution is -2.25. The fourth-order valence-electron chi connectivity index (χ4n) is 2.71. The summed E-state index contributed by atoms with van der Waals surface area (Å²) < 4.78 is 0.523. The Kier molecular flexibility index (Phi) is 7.41. The van der Waals surface area contributed by atoms with Gasteiger partial charge < -0.3 is 5.32 Å². The molecule has 0 atom stereocenters. The van der Waals surface area contributed by atoms with Crippen LogP contribution in [-0.2, 0) is 0 Å². The van der Waals surface area contributed by atoms with Gasteiger partial charge in [-0.25, -0.2) is 0 Å². The molecule has 2 aromatic carbocycles. The maximum atomic E-state index is 12.3. The van der Waals surface area contributed by atoms with E-state index in [2.05, 4.69) is 49.5 Å².